The molecule has 2 amide bonds. The van der Waals surface area contributed by atoms with Crippen LogP contribution in [0, 0.1) is 11.3 Å². The van der Waals surface area contributed by atoms with Crippen LogP contribution in [0.2, 0.25) is 0 Å². The summed E-state index contributed by atoms with van der Waals surface area (Å²) < 4.78 is 10.6. The van der Waals surface area contributed by atoms with Crippen molar-refractivity contribution in [3.63, 3.8) is 0 Å². The molecule has 0 unspecified atom stereocenters. The fourth-order valence-corrected chi connectivity index (χ4v) is 4.01. The lowest BCUT2D eigenvalue weighted by Gasteiger charge is -2.35. The fraction of sp³-hybridized carbons (Fsp3) is 0.500. The monoisotopic (exact) mass is 454 g/mol. The largest absolute Gasteiger partial charge is 0.497 e. The Kier molecular flexibility index (Phi) is 7.61. The lowest BCUT2D eigenvalue weighted by molar-refractivity contribution is -0.157. The number of methoxy groups -OCH3 is 1. The van der Waals surface area contributed by atoms with E-state index in [-0.39, 0.29) is 30.3 Å². The number of carbonyl (C=O) groups excluding carboxylic acids is 3. The van der Waals surface area contributed by atoms with Gasteiger partial charge in [0.25, 0.3) is 5.91 Å². The van der Waals surface area contributed by atoms with E-state index in [0.717, 1.165) is 22.1 Å². The molecule has 0 radical (unpaired) electrons. The van der Waals surface area contributed by atoms with E-state index in [9.17, 15) is 14.4 Å². The zero-order valence-corrected chi connectivity index (χ0v) is 20.2. The second-order valence-corrected chi connectivity index (χ2v) is 9.72. The maximum absolute atomic E-state index is 12.5. The van der Waals surface area contributed by atoms with Gasteiger partial charge in [-0.1, -0.05) is 39.0 Å². The Hall–Kier alpha value is -3.09. The lowest BCUT2D eigenvalue weighted by atomic mass is 9.91. The van der Waals surface area contributed by atoms with Gasteiger partial charge in [-0.25, -0.2) is 0 Å². The molecule has 178 valence electrons. The number of benzene rings is 2. The number of hydrogen-bond donors (Lipinski definition) is 0. The van der Waals surface area contributed by atoms with E-state index in [1.54, 1.807) is 19.1 Å². The van der Waals surface area contributed by atoms with Gasteiger partial charge in [-0.3, -0.25) is 14.4 Å². The van der Waals surface area contributed by atoms with E-state index in [0.29, 0.717) is 32.5 Å². The number of nitrogens with zero attached hydrogens (tertiary/aromatic N) is 2. The summed E-state index contributed by atoms with van der Waals surface area (Å²) in [6.07, 6.45) is 1.12. The van der Waals surface area contributed by atoms with Crippen LogP contribution >= 0.6 is 0 Å². The van der Waals surface area contributed by atoms with Crippen molar-refractivity contribution >= 4 is 28.6 Å². The van der Waals surface area contributed by atoms with Gasteiger partial charge in [0.05, 0.1) is 13.0 Å². The number of rotatable bonds is 6. The van der Waals surface area contributed by atoms with Gasteiger partial charge >= 0.3 is 5.97 Å². The van der Waals surface area contributed by atoms with Crippen molar-refractivity contribution < 1.29 is 23.9 Å². The van der Waals surface area contributed by atoms with Crippen LogP contribution in [-0.4, -0.2) is 61.4 Å². The van der Waals surface area contributed by atoms with Crippen LogP contribution < -0.4 is 4.74 Å². The first-order valence-corrected chi connectivity index (χ1v) is 11.3. The summed E-state index contributed by atoms with van der Waals surface area (Å²) in [7, 11) is 3.34. The first-order valence-electron chi connectivity index (χ1n) is 11.3. The second kappa shape index (κ2) is 10.2. The minimum absolute atomic E-state index is 0.0962. The highest BCUT2D eigenvalue weighted by molar-refractivity contribution is 5.85. The highest BCUT2D eigenvalue weighted by Crippen LogP contribution is 2.25. The van der Waals surface area contributed by atoms with Gasteiger partial charge in [-0.2, -0.15) is 0 Å². The maximum Gasteiger partial charge on any atom is 0.309 e. The first kappa shape index (κ1) is 24.6. The van der Waals surface area contributed by atoms with Gasteiger partial charge < -0.3 is 19.3 Å². The summed E-state index contributed by atoms with van der Waals surface area (Å²) in [4.78, 5) is 40.7. The molecular formula is C26H34N2O5. The van der Waals surface area contributed by atoms with Crippen LogP contribution in [0.1, 0.15) is 39.2 Å². The first-order chi connectivity index (χ1) is 15.6. The van der Waals surface area contributed by atoms with Gasteiger partial charge in [0, 0.05) is 32.1 Å². The van der Waals surface area contributed by atoms with Gasteiger partial charge in [-0.05, 0) is 47.4 Å². The molecule has 7 nitrogen and oxygen atoms in total. The van der Waals surface area contributed by atoms with Gasteiger partial charge in [0.2, 0.25) is 5.91 Å². The molecule has 0 bridgehead atoms. The smallest absolute Gasteiger partial charge is 0.309 e. The van der Waals surface area contributed by atoms with Gasteiger partial charge in [0.1, 0.15) is 5.75 Å². The van der Waals surface area contributed by atoms with E-state index in [4.69, 9.17) is 9.47 Å². The minimum Gasteiger partial charge on any atom is -0.497 e. The normalized spacial score (nSPS) is 14.8. The van der Waals surface area contributed by atoms with E-state index >= 15 is 0 Å². The lowest BCUT2D eigenvalue weighted by Crippen LogP contribution is -2.45. The molecule has 1 heterocycles. The van der Waals surface area contributed by atoms with Crippen molar-refractivity contribution in [2.24, 2.45) is 11.3 Å². The summed E-state index contributed by atoms with van der Waals surface area (Å²) >= 11 is 0. The highest BCUT2D eigenvalue weighted by atomic mass is 16.5. The number of esters is 1. The molecular weight excluding hydrogens is 420 g/mol. The number of hydrogen-bond acceptors (Lipinski definition) is 5. The molecule has 0 spiro atoms. The van der Waals surface area contributed by atoms with Crippen molar-refractivity contribution in [1.29, 1.82) is 0 Å². The Bertz CT molecular complexity index is 1020. The SMILES string of the molecule is COc1ccc2cc(CN(C)C(=O)COC(=O)C3CCN(C(=O)C(C)(C)C)CC3)ccc2c1. The molecule has 0 N–H and O–H groups in total. The van der Waals surface area contributed by atoms with E-state index in [1.807, 2.05) is 62.1 Å². The van der Waals surface area contributed by atoms with Crippen LogP contribution in [0.5, 0.6) is 5.75 Å². The Morgan fingerprint density at radius 1 is 1.03 bits per heavy atom. The van der Waals surface area contributed by atoms with Crippen LogP contribution in [0.4, 0.5) is 0 Å². The molecule has 7 heteroatoms. The van der Waals surface area contributed by atoms with Crippen molar-refractivity contribution in [3.8, 4) is 5.75 Å². The van der Waals surface area contributed by atoms with Crippen molar-refractivity contribution in [2.45, 2.75) is 40.2 Å². The number of piperidine rings is 1. The second-order valence-electron chi connectivity index (χ2n) is 9.72. The Morgan fingerprint density at radius 3 is 2.30 bits per heavy atom. The summed E-state index contributed by atoms with van der Waals surface area (Å²) in [5, 5.41) is 2.13. The molecule has 0 aliphatic carbocycles. The van der Waals surface area contributed by atoms with Crippen LogP contribution in [0.15, 0.2) is 36.4 Å². The molecule has 0 atom stereocenters. The van der Waals surface area contributed by atoms with Crippen molar-refractivity contribution in [3.05, 3.63) is 42.0 Å². The zero-order chi connectivity index (χ0) is 24.2. The summed E-state index contributed by atoms with van der Waals surface area (Å²) in [6.45, 7) is 6.91. The topological polar surface area (TPSA) is 76.2 Å². The van der Waals surface area contributed by atoms with Crippen LogP contribution in [0.3, 0.4) is 0 Å². The third-order valence-corrected chi connectivity index (χ3v) is 6.05. The molecule has 33 heavy (non-hydrogen) atoms. The predicted octanol–water partition coefficient (Wildman–Crippen LogP) is 3.63. The maximum atomic E-state index is 12.5. The third kappa shape index (κ3) is 6.24. The Morgan fingerprint density at radius 2 is 1.67 bits per heavy atom. The number of carbonyl (C=O) groups is 3. The average Bonchev–Trinajstić information content (AvgIpc) is 2.80. The van der Waals surface area contributed by atoms with Crippen LogP contribution in [0.25, 0.3) is 10.8 Å². The van der Waals surface area contributed by atoms with Gasteiger partial charge in [-0.15, -0.1) is 0 Å². The number of amides is 2. The van der Waals surface area contributed by atoms with E-state index in [2.05, 4.69) is 0 Å². The third-order valence-electron chi connectivity index (χ3n) is 6.05. The van der Waals surface area contributed by atoms with Gasteiger partial charge in [0.15, 0.2) is 6.61 Å². The van der Waals surface area contributed by atoms with Crippen LogP contribution in [-0.2, 0) is 25.7 Å². The Balaban J connectivity index is 1.47. The molecule has 2 aromatic carbocycles. The average molecular weight is 455 g/mol. The molecule has 1 aliphatic rings. The van der Waals surface area contributed by atoms with E-state index in [1.165, 1.54) is 0 Å². The quantitative estimate of drug-likeness (QED) is 0.623. The van der Waals surface area contributed by atoms with Crippen molar-refractivity contribution in [1.82, 2.24) is 9.80 Å². The standard InChI is InChI=1S/C26H34N2O5/c1-26(2,3)25(31)28-12-10-19(11-13-28)24(30)33-17-23(29)27(4)16-18-6-7-21-15-22(32-5)9-8-20(21)14-18/h6-9,14-15,19H,10-13,16-17H2,1-5H3. The number of ether oxygens (including phenoxy) is 2. The highest BCUT2D eigenvalue weighted by Gasteiger charge is 2.33. The molecule has 1 saturated heterocycles. The number of likely N-dealkylation sites (N-methyl/N-ethyl adjacent to an activating group) is 1. The fourth-order valence-electron chi connectivity index (χ4n) is 4.01. The summed E-state index contributed by atoms with van der Waals surface area (Å²) in [5.74, 6) is 0.0113. The number of fused-ring (bicyclic) bond motifs is 1. The predicted molar refractivity (Wildman–Crippen MR) is 127 cm³/mol. The molecule has 1 aliphatic heterocycles. The van der Waals surface area contributed by atoms with E-state index < -0.39 is 5.41 Å². The molecule has 0 aromatic heterocycles. The minimum atomic E-state index is -0.428. The number of likely N-dealkylation sites (tertiary alicyclic amines) is 1. The molecule has 0 saturated carbocycles. The molecule has 1 fully saturated rings. The summed E-state index contributed by atoms with van der Waals surface area (Å²) in [5.41, 5.74) is 0.563. The molecule has 2 aromatic rings. The summed E-state index contributed by atoms with van der Waals surface area (Å²) in [6, 6.07) is 11.9. The van der Waals surface area contributed by atoms with Crippen molar-refractivity contribution in [2.75, 3.05) is 33.9 Å². The molecule has 3 rings (SSSR count). The Labute approximate surface area is 195 Å². The zero-order valence-electron chi connectivity index (χ0n) is 20.2.